The van der Waals surface area contributed by atoms with Crippen LogP contribution in [-0.4, -0.2) is 13.1 Å². The predicted molar refractivity (Wildman–Crippen MR) is 63.7 cm³/mol. The summed E-state index contributed by atoms with van der Waals surface area (Å²) in [5.41, 5.74) is 1.30. The van der Waals surface area contributed by atoms with Crippen molar-refractivity contribution in [3.8, 4) is 0 Å². The second kappa shape index (κ2) is 3.00. The van der Waals surface area contributed by atoms with E-state index in [0.717, 1.165) is 17.8 Å². The van der Waals surface area contributed by atoms with E-state index in [1.807, 2.05) is 0 Å². The van der Waals surface area contributed by atoms with E-state index in [1.165, 1.54) is 38.8 Å². The summed E-state index contributed by atoms with van der Waals surface area (Å²) in [5, 5.41) is 3.56. The van der Waals surface area contributed by atoms with Gasteiger partial charge in [0.25, 0.3) is 0 Å². The minimum Gasteiger partial charge on any atom is -0.316 e. The second-order valence-electron chi connectivity index (χ2n) is 7.15. The Balaban J connectivity index is 1.91. The first-order valence-corrected chi connectivity index (χ1v) is 6.75. The second-order valence-corrected chi connectivity index (χ2v) is 7.15. The van der Waals surface area contributed by atoms with Gasteiger partial charge in [0, 0.05) is 0 Å². The Morgan fingerprint density at radius 2 is 1.93 bits per heavy atom. The smallest absolute Gasteiger partial charge is 0.00170 e. The summed E-state index contributed by atoms with van der Waals surface area (Å²) in [5.74, 6) is 2.97. The summed E-state index contributed by atoms with van der Waals surface area (Å²) in [6.45, 7) is 10.2. The van der Waals surface area contributed by atoms with Crippen LogP contribution in [-0.2, 0) is 0 Å². The average molecular weight is 207 g/mol. The lowest BCUT2D eigenvalue weighted by atomic mass is 9.59. The summed E-state index contributed by atoms with van der Waals surface area (Å²) < 4.78 is 0. The van der Waals surface area contributed by atoms with E-state index in [4.69, 9.17) is 0 Å². The van der Waals surface area contributed by atoms with Gasteiger partial charge in [-0.3, -0.25) is 0 Å². The Morgan fingerprint density at radius 1 is 1.13 bits per heavy atom. The first-order chi connectivity index (χ1) is 7.04. The molecular weight excluding hydrogens is 182 g/mol. The lowest BCUT2D eigenvalue weighted by Gasteiger charge is -2.46. The molecule has 3 rings (SSSR count). The molecule has 0 radical (unpaired) electrons. The molecule has 0 aromatic rings. The molecule has 0 amide bonds. The van der Waals surface area contributed by atoms with E-state index >= 15 is 0 Å². The highest BCUT2D eigenvalue weighted by molar-refractivity contribution is 5.10. The lowest BCUT2D eigenvalue weighted by molar-refractivity contribution is 0.0306. The maximum Gasteiger partial charge on any atom is -0.00170 e. The van der Waals surface area contributed by atoms with Gasteiger partial charge in [0.05, 0.1) is 0 Å². The first kappa shape index (κ1) is 10.1. The fraction of sp³-hybridized carbons (Fsp3) is 1.00. The van der Waals surface area contributed by atoms with Gasteiger partial charge >= 0.3 is 0 Å². The predicted octanol–water partition coefficient (Wildman–Crippen LogP) is 3.06. The SMILES string of the molecule is CC12CCC(C1)C(C)(C)C2C1CCNC1. The molecule has 1 aliphatic heterocycles. The number of hydrogen-bond acceptors (Lipinski definition) is 1. The van der Waals surface area contributed by atoms with Crippen LogP contribution in [0, 0.1) is 28.6 Å². The van der Waals surface area contributed by atoms with Crippen molar-refractivity contribution >= 4 is 0 Å². The molecule has 3 fully saturated rings. The van der Waals surface area contributed by atoms with Gasteiger partial charge in [-0.15, -0.1) is 0 Å². The fourth-order valence-electron chi connectivity index (χ4n) is 5.48. The van der Waals surface area contributed by atoms with Crippen LogP contribution >= 0.6 is 0 Å². The van der Waals surface area contributed by atoms with Crippen molar-refractivity contribution in [3.63, 3.8) is 0 Å². The molecule has 1 N–H and O–H groups in total. The molecule has 4 unspecified atom stereocenters. The van der Waals surface area contributed by atoms with Gasteiger partial charge < -0.3 is 5.32 Å². The fourth-order valence-corrected chi connectivity index (χ4v) is 5.48. The van der Waals surface area contributed by atoms with E-state index in [2.05, 4.69) is 26.1 Å². The molecule has 0 spiro atoms. The van der Waals surface area contributed by atoms with Crippen LogP contribution < -0.4 is 5.32 Å². The third-order valence-corrected chi connectivity index (χ3v) is 5.95. The number of nitrogens with one attached hydrogen (secondary N) is 1. The van der Waals surface area contributed by atoms with Crippen LogP contribution in [0.15, 0.2) is 0 Å². The van der Waals surface area contributed by atoms with Crippen LogP contribution in [0.5, 0.6) is 0 Å². The van der Waals surface area contributed by atoms with Gasteiger partial charge in [-0.2, -0.15) is 0 Å². The normalized spacial score (nSPS) is 52.6. The largest absolute Gasteiger partial charge is 0.316 e. The van der Waals surface area contributed by atoms with E-state index in [9.17, 15) is 0 Å². The number of hydrogen-bond donors (Lipinski definition) is 1. The zero-order chi connectivity index (χ0) is 10.7. The highest BCUT2D eigenvalue weighted by Crippen LogP contribution is 2.68. The van der Waals surface area contributed by atoms with Crippen molar-refractivity contribution < 1.29 is 0 Å². The molecule has 0 aromatic carbocycles. The van der Waals surface area contributed by atoms with Gasteiger partial charge in [-0.05, 0) is 67.4 Å². The molecule has 3 aliphatic rings. The molecule has 15 heavy (non-hydrogen) atoms. The van der Waals surface area contributed by atoms with E-state index in [0.29, 0.717) is 10.8 Å². The average Bonchev–Trinajstić information content (AvgIpc) is 2.76. The van der Waals surface area contributed by atoms with Gasteiger partial charge in [0.15, 0.2) is 0 Å². The quantitative estimate of drug-likeness (QED) is 0.697. The van der Waals surface area contributed by atoms with Crippen molar-refractivity contribution in [2.45, 2.75) is 46.5 Å². The topological polar surface area (TPSA) is 12.0 Å². The van der Waals surface area contributed by atoms with Gasteiger partial charge in [-0.1, -0.05) is 20.8 Å². The van der Waals surface area contributed by atoms with Crippen molar-refractivity contribution in [1.82, 2.24) is 5.32 Å². The maximum atomic E-state index is 3.56. The summed E-state index contributed by atoms with van der Waals surface area (Å²) in [7, 11) is 0. The summed E-state index contributed by atoms with van der Waals surface area (Å²) in [6, 6.07) is 0. The van der Waals surface area contributed by atoms with Gasteiger partial charge in [0.2, 0.25) is 0 Å². The van der Waals surface area contributed by atoms with Gasteiger partial charge in [-0.25, -0.2) is 0 Å². The molecule has 2 aliphatic carbocycles. The van der Waals surface area contributed by atoms with E-state index in [1.54, 1.807) is 0 Å². The Morgan fingerprint density at radius 3 is 2.47 bits per heavy atom. The zero-order valence-corrected chi connectivity index (χ0v) is 10.5. The molecule has 2 bridgehead atoms. The number of fused-ring (bicyclic) bond motifs is 2. The molecule has 0 aromatic heterocycles. The van der Waals surface area contributed by atoms with E-state index in [-0.39, 0.29) is 0 Å². The Hall–Kier alpha value is -0.0400. The van der Waals surface area contributed by atoms with Crippen molar-refractivity contribution in [2.24, 2.45) is 28.6 Å². The zero-order valence-electron chi connectivity index (χ0n) is 10.5. The Kier molecular flexibility index (Phi) is 2.03. The molecule has 1 nitrogen and oxygen atoms in total. The third-order valence-electron chi connectivity index (χ3n) is 5.95. The highest BCUT2D eigenvalue weighted by atomic mass is 14.9. The van der Waals surface area contributed by atoms with Crippen LogP contribution in [0.25, 0.3) is 0 Å². The summed E-state index contributed by atoms with van der Waals surface area (Å²) in [4.78, 5) is 0. The van der Waals surface area contributed by atoms with Crippen molar-refractivity contribution in [2.75, 3.05) is 13.1 Å². The molecule has 1 heterocycles. The van der Waals surface area contributed by atoms with Crippen LogP contribution in [0.1, 0.15) is 46.5 Å². The molecule has 1 saturated heterocycles. The highest BCUT2D eigenvalue weighted by Gasteiger charge is 2.61. The summed E-state index contributed by atoms with van der Waals surface area (Å²) >= 11 is 0. The standard InChI is InChI=1S/C14H25N/c1-13(2)11-4-6-14(3,8-11)12(13)10-5-7-15-9-10/h10-12,15H,4-9H2,1-3H3. The lowest BCUT2D eigenvalue weighted by Crippen LogP contribution is -2.41. The monoisotopic (exact) mass is 207 g/mol. The van der Waals surface area contributed by atoms with Gasteiger partial charge in [0.1, 0.15) is 0 Å². The molecule has 2 saturated carbocycles. The van der Waals surface area contributed by atoms with Crippen LogP contribution in [0.2, 0.25) is 0 Å². The van der Waals surface area contributed by atoms with Crippen molar-refractivity contribution in [1.29, 1.82) is 0 Å². The summed E-state index contributed by atoms with van der Waals surface area (Å²) in [6.07, 6.45) is 5.94. The molecular formula is C14H25N. The van der Waals surface area contributed by atoms with Crippen molar-refractivity contribution in [3.05, 3.63) is 0 Å². The Labute approximate surface area is 94.0 Å². The molecule has 4 atom stereocenters. The van der Waals surface area contributed by atoms with Crippen LogP contribution in [0.4, 0.5) is 0 Å². The minimum absolute atomic E-state index is 0.615. The van der Waals surface area contributed by atoms with E-state index < -0.39 is 0 Å². The molecule has 86 valence electrons. The third kappa shape index (κ3) is 1.25. The first-order valence-electron chi connectivity index (χ1n) is 6.75. The van der Waals surface area contributed by atoms with Crippen LogP contribution in [0.3, 0.4) is 0 Å². The maximum absolute atomic E-state index is 3.56. The molecule has 1 heteroatoms. The minimum atomic E-state index is 0.615. The Bertz CT molecular complexity index is 260. The number of rotatable bonds is 1.